The summed E-state index contributed by atoms with van der Waals surface area (Å²) >= 11 is 0. The highest BCUT2D eigenvalue weighted by molar-refractivity contribution is 6.21. The number of benzene rings is 9. The molecule has 4 heteroatoms. The number of nitrogens with zero attached hydrogens (tertiary/aromatic N) is 3. The molecule has 0 aliphatic carbocycles. The first-order valence-corrected chi connectivity index (χ1v) is 19.1. The topological polar surface area (TPSA) is 26.2 Å². The Kier molecular flexibility index (Phi) is 6.60. The van der Waals surface area contributed by atoms with Crippen LogP contribution in [0.5, 0.6) is 0 Å². The van der Waals surface area contributed by atoms with Gasteiger partial charge in [0.2, 0.25) is 0 Å². The van der Waals surface area contributed by atoms with E-state index in [2.05, 4.69) is 202 Å². The second-order valence-corrected chi connectivity index (χ2v) is 14.6. The summed E-state index contributed by atoms with van der Waals surface area (Å²) in [6.07, 6.45) is 0. The predicted molar refractivity (Wildman–Crippen MR) is 235 cm³/mol. The highest BCUT2D eigenvalue weighted by Gasteiger charge is 2.20. The average molecular weight is 716 g/mol. The third-order valence-electron chi connectivity index (χ3n) is 11.5. The number of anilines is 3. The van der Waals surface area contributed by atoms with Crippen LogP contribution < -0.4 is 4.90 Å². The molecule has 9 aromatic carbocycles. The van der Waals surface area contributed by atoms with Crippen molar-refractivity contribution in [1.29, 1.82) is 0 Å². The molecule has 0 N–H and O–H groups in total. The number of hydrogen-bond donors (Lipinski definition) is 0. The molecule has 56 heavy (non-hydrogen) atoms. The molecule has 0 bridgehead atoms. The lowest BCUT2D eigenvalue weighted by molar-refractivity contribution is 0.669. The molecule has 0 atom stereocenters. The number of furan rings is 1. The number of aromatic nitrogens is 2. The van der Waals surface area contributed by atoms with Gasteiger partial charge >= 0.3 is 0 Å². The van der Waals surface area contributed by atoms with Gasteiger partial charge in [-0.25, -0.2) is 0 Å². The third kappa shape index (κ3) is 4.53. The molecular formula is C52H33N3O. The van der Waals surface area contributed by atoms with Crippen LogP contribution in [0.25, 0.3) is 87.7 Å². The van der Waals surface area contributed by atoms with E-state index in [0.717, 1.165) is 55.9 Å². The van der Waals surface area contributed by atoms with E-state index in [0.29, 0.717) is 0 Å². The lowest BCUT2D eigenvalue weighted by Crippen LogP contribution is -2.10. The lowest BCUT2D eigenvalue weighted by atomic mass is 10.0. The summed E-state index contributed by atoms with van der Waals surface area (Å²) in [5.74, 6) is 0. The SMILES string of the molecule is c1ccc(-n2c3ccccc3c3ccc(N(c4ccc(-n5c6ccccc6c6c7ccccc7ccc65)cc4)c4ccc5oc6ccccc6c5c4)cc32)cc1. The second-order valence-electron chi connectivity index (χ2n) is 14.6. The Morgan fingerprint density at radius 3 is 1.73 bits per heavy atom. The fraction of sp³-hybridized carbons (Fsp3) is 0. The van der Waals surface area contributed by atoms with Crippen molar-refractivity contribution in [2.24, 2.45) is 0 Å². The summed E-state index contributed by atoms with van der Waals surface area (Å²) in [6, 6.07) is 72.1. The zero-order valence-electron chi connectivity index (χ0n) is 30.3. The summed E-state index contributed by atoms with van der Waals surface area (Å²) in [5.41, 5.74) is 12.0. The summed E-state index contributed by atoms with van der Waals surface area (Å²) in [6.45, 7) is 0. The largest absolute Gasteiger partial charge is 0.456 e. The highest BCUT2D eigenvalue weighted by atomic mass is 16.3. The smallest absolute Gasteiger partial charge is 0.135 e. The molecule has 0 aliphatic rings. The van der Waals surface area contributed by atoms with Gasteiger partial charge in [-0.05, 0) is 102 Å². The summed E-state index contributed by atoms with van der Waals surface area (Å²) in [7, 11) is 0. The van der Waals surface area contributed by atoms with E-state index in [1.807, 2.05) is 12.1 Å². The second kappa shape index (κ2) is 12.0. The first-order valence-electron chi connectivity index (χ1n) is 19.1. The van der Waals surface area contributed by atoms with Gasteiger partial charge in [-0.15, -0.1) is 0 Å². The van der Waals surface area contributed by atoms with Crippen molar-refractivity contribution >= 4 is 93.4 Å². The van der Waals surface area contributed by atoms with Crippen molar-refractivity contribution in [3.05, 3.63) is 200 Å². The highest BCUT2D eigenvalue weighted by Crippen LogP contribution is 2.43. The molecule has 0 saturated heterocycles. The van der Waals surface area contributed by atoms with E-state index in [9.17, 15) is 0 Å². The van der Waals surface area contributed by atoms with Gasteiger partial charge in [0.1, 0.15) is 11.2 Å². The molecule has 12 aromatic rings. The van der Waals surface area contributed by atoms with Gasteiger partial charge in [0, 0.05) is 60.8 Å². The van der Waals surface area contributed by atoms with Crippen LogP contribution in [-0.2, 0) is 0 Å². The normalized spacial score (nSPS) is 11.9. The predicted octanol–water partition coefficient (Wildman–Crippen LogP) is 14.4. The van der Waals surface area contributed by atoms with Crippen LogP contribution in [0.15, 0.2) is 205 Å². The minimum atomic E-state index is 0.879. The average Bonchev–Trinajstić information content (AvgIpc) is 3.92. The van der Waals surface area contributed by atoms with Crippen LogP contribution in [-0.4, -0.2) is 9.13 Å². The monoisotopic (exact) mass is 715 g/mol. The van der Waals surface area contributed by atoms with Gasteiger partial charge in [0.05, 0.1) is 22.1 Å². The van der Waals surface area contributed by atoms with Crippen LogP contribution in [0.1, 0.15) is 0 Å². The first kappa shape index (κ1) is 30.9. The molecule has 12 rings (SSSR count). The van der Waals surface area contributed by atoms with Crippen molar-refractivity contribution in [3.63, 3.8) is 0 Å². The lowest BCUT2D eigenvalue weighted by Gasteiger charge is -2.26. The fourth-order valence-electron chi connectivity index (χ4n) is 9.02. The molecule has 3 aromatic heterocycles. The fourth-order valence-corrected chi connectivity index (χ4v) is 9.02. The number of hydrogen-bond acceptors (Lipinski definition) is 2. The molecule has 262 valence electrons. The Hall–Kier alpha value is -7.56. The molecule has 0 aliphatic heterocycles. The van der Waals surface area contributed by atoms with E-state index in [-0.39, 0.29) is 0 Å². The van der Waals surface area contributed by atoms with E-state index >= 15 is 0 Å². The maximum absolute atomic E-state index is 6.28. The number of rotatable bonds is 5. The molecule has 3 heterocycles. The van der Waals surface area contributed by atoms with E-state index in [1.54, 1.807) is 0 Å². The Balaban J connectivity index is 1.08. The minimum absolute atomic E-state index is 0.879. The zero-order valence-corrected chi connectivity index (χ0v) is 30.3. The maximum Gasteiger partial charge on any atom is 0.135 e. The van der Waals surface area contributed by atoms with Gasteiger partial charge < -0.3 is 18.5 Å². The van der Waals surface area contributed by atoms with Gasteiger partial charge in [-0.2, -0.15) is 0 Å². The molecule has 0 saturated carbocycles. The van der Waals surface area contributed by atoms with Gasteiger partial charge in [0.25, 0.3) is 0 Å². The van der Waals surface area contributed by atoms with Crippen molar-refractivity contribution in [1.82, 2.24) is 9.13 Å². The van der Waals surface area contributed by atoms with Gasteiger partial charge in [0.15, 0.2) is 0 Å². The maximum atomic E-state index is 6.28. The van der Waals surface area contributed by atoms with Crippen LogP contribution in [0, 0.1) is 0 Å². The molecular weight excluding hydrogens is 683 g/mol. The zero-order chi connectivity index (χ0) is 36.7. The minimum Gasteiger partial charge on any atom is -0.456 e. The van der Waals surface area contributed by atoms with Crippen molar-refractivity contribution in [2.75, 3.05) is 4.90 Å². The van der Waals surface area contributed by atoms with Crippen molar-refractivity contribution in [2.45, 2.75) is 0 Å². The van der Waals surface area contributed by atoms with Crippen LogP contribution in [0.4, 0.5) is 17.1 Å². The molecule has 4 nitrogen and oxygen atoms in total. The summed E-state index contributed by atoms with van der Waals surface area (Å²) < 4.78 is 11.1. The number of fused-ring (bicyclic) bond motifs is 11. The van der Waals surface area contributed by atoms with Crippen molar-refractivity contribution < 1.29 is 4.42 Å². The van der Waals surface area contributed by atoms with E-state index < -0.39 is 0 Å². The van der Waals surface area contributed by atoms with Gasteiger partial charge in [-0.3, -0.25) is 0 Å². The quantitative estimate of drug-likeness (QED) is 0.177. The molecule has 0 unspecified atom stereocenters. The molecule has 0 radical (unpaired) electrons. The first-order chi connectivity index (χ1) is 27.8. The van der Waals surface area contributed by atoms with Crippen LogP contribution in [0.3, 0.4) is 0 Å². The Labute approximate surface area is 322 Å². The number of para-hydroxylation sites is 4. The van der Waals surface area contributed by atoms with E-state index in [4.69, 9.17) is 4.42 Å². The van der Waals surface area contributed by atoms with Crippen molar-refractivity contribution in [3.8, 4) is 11.4 Å². The van der Waals surface area contributed by atoms with E-state index in [1.165, 1.54) is 48.9 Å². The third-order valence-corrected chi connectivity index (χ3v) is 11.5. The Bertz CT molecular complexity index is 3480. The van der Waals surface area contributed by atoms with Crippen LogP contribution in [0.2, 0.25) is 0 Å². The Morgan fingerprint density at radius 2 is 0.893 bits per heavy atom. The summed E-state index contributed by atoms with van der Waals surface area (Å²) in [5, 5.41) is 9.72. The standard InChI is InChI=1S/C52H33N3O/c1-2-13-35(14-3-1)55-46-19-9-6-16-41(46)42-29-27-39(33-49(42)55)53(38-28-31-51-45(32-38)43-17-8-11-21-50(43)56-51)36-23-25-37(26-24-36)54-47-20-10-7-18-44(47)52-40-15-5-4-12-34(40)22-30-48(52)54/h1-33H. The molecule has 0 amide bonds. The molecule has 0 fully saturated rings. The van der Waals surface area contributed by atoms with Gasteiger partial charge in [-0.1, -0.05) is 109 Å². The summed E-state index contributed by atoms with van der Waals surface area (Å²) in [4.78, 5) is 2.37. The Morgan fingerprint density at radius 1 is 0.321 bits per heavy atom. The van der Waals surface area contributed by atoms with Crippen LogP contribution >= 0.6 is 0 Å². The molecule has 0 spiro atoms.